The molecule has 2 aromatic rings. The van der Waals surface area contributed by atoms with E-state index in [2.05, 4.69) is 20.7 Å². The molecule has 7 heteroatoms. The SMILES string of the molecule is CNCc1nnn(CCF)c1-c1ccnn1C. The minimum Gasteiger partial charge on any atom is -0.314 e. The second-order valence-corrected chi connectivity index (χ2v) is 3.67. The van der Waals surface area contributed by atoms with Gasteiger partial charge >= 0.3 is 0 Å². The second kappa shape index (κ2) is 5.05. The Morgan fingerprint density at radius 1 is 1.47 bits per heavy atom. The Labute approximate surface area is 98.4 Å². The molecule has 2 rings (SSSR count). The van der Waals surface area contributed by atoms with Crippen LogP contribution in [0.15, 0.2) is 12.3 Å². The number of aryl methyl sites for hydroxylation is 2. The maximum atomic E-state index is 12.5. The van der Waals surface area contributed by atoms with Gasteiger partial charge in [0.15, 0.2) is 0 Å². The molecule has 0 aliphatic heterocycles. The van der Waals surface area contributed by atoms with E-state index in [0.717, 1.165) is 17.1 Å². The van der Waals surface area contributed by atoms with Crippen LogP contribution in [0.4, 0.5) is 4.39 Å². The highest BCUT2D eigenvalue weighted by Crippen LogP contribution is 2.21. The molecule has 0 atom stereocenters. The molecule has 0 amide bonds. The quantitative estimate of drug-likeness (QED) is 0.817. The highest BCUT2D eigenvalue weighted by molar-refractivity contribution is 5.57. The van der Waals surface area contributed by atoms with Crippen LogP contribution in [0.25, 0.3) is 11.4 Å². The molecule has 1 N–H and O–H groups in total. The van der Waals surface area contributed by atoms with Gasteiger partial charge in [-0.05, 0) is 13.1 Å². The van der Waals surface area contributed by atoms with Crippen molar-refractivity contribution >= 4 is 0 Å². The van der Waals surface area contributed by atoms with Crippen LogP contribution < -0.4 is 5.32 Å². The van der Waals surface area contributed by atoms with Crippen LogP contribution in [-0.2, 0) is 20.1 Å². The average molecular weight is 238 g/mol. The second-order valence-electron chi connectivity index (χ2n) is 3.67. The number of hydrogen-bond donors (Lipinski definition) is 1. The molecule has 6 nitrogen and oxygen atoms in total. The van der Waals surface area contributed by atoms with Crippen molar-refractivity contribution in [2.75, 3.05) is 13.7 Å². The number of rotatable bonds is 5. The Kier molecular flexibility index (Phi) is 3.48. The van der Waals surface area contributed by atoms with Crippen LogP contribution in [0.5, 0.6) is 0 Å². The molecular formula is C10H15FN6. The summed E-state index contributed by atoms with van der Waals surface area (Å²) in [7, 11) is 3.67. The predicted octanol–water partition coefficient (Wildman–Crippen LogP) is 0.367. The minimum absolute atomic E-state index is 0.206. The van der Waals surface area contributed by atoms with E-state index in [-0.39, 0.29) is 6.54 Å². The molecule has 0 bridgehead atoms. The number of halogens is 1. The van der Waals surface area contributed by atoms with Crippen LogP contribution in [0, 0.1) is 0 Å². The molecule has 0 aliphatic carbocycles. The van der Waals surface area contributed by atoms with Gasteiger partial charge in [0.1, 0.15) is 18.1 Å². The van der Waals surface area contributed by atoms with E-state index in [1.54, 1.807) is 15.6 Å². The van der Waals surface area contributed by atoms with Gasteiger partial charge in [0.25, 0.3) is 0 Å². The van der Waals surface area contributed by atoms with E-state index >= 15 is 0 Å². The lowest BCUT2D eigenvalue weighted by atomic mass is 10.2. The van der Waals surface area contributed by atoms with Crippen molar-refractivity contribution in [1.29, 1.82) is 0 Å². The zero-order valence-corrected chi connectivity index (χ0v) is 9.89. The van der Waals surface area contributed by atoms with Crippen LogP contribution in [0.1, 0.15) is 5.69 Å². The first-order chi connectivity index (χ1) is 8.27. The van der Waals surface area contributed by atoms with E-state index in [0.29, 0.717) is 6.54 Å². The number of nitrogens with one attached hydrogen (secondary N) is 1. The molecular weight excluding hydrogens is 223 g/mol. The van der Waals surface area contributed by atoms with Crippen molar-refractivity contribution in [3.63, 3.8) is 0 Å². The fourth-order valence-electron chi connectivity index (χ4n) is 1.76. The zero-order chi connectivity index (χ0) is 12.3. The Morgan fingerprint density at radius 3 is 2.88 bits per heavy atom. The molecule has 92 valence electrons. The fourth-order valence-corrected chi connectivity index (χ4v) is 1.76. The first-order valence-electron chi connectivity index (χ1n) is 5.39. The zero-order valence-electron chi connectivity index (χ0n) is 9.89. The standard InChI is InChI=1S/C10H15FN6/c1-12-7-8-10(9-3-5-13-16(9)2)17(6-4-11)15-14-8/h3,5,12H,4,6-7H2,1-2H3. The summed E-state index contributed by atoms with van der Waals surface area (Å²) in [4.78, 5) is 0. The summed E-state index contributed by atoms with van der Waals surface area (Å²) in [5.74, 6) is 0. The summed E-state index contributed by atoms with van der Waals surface area (Å²) >= 11 is 0. The predicted molar refractivity (Wildman–Crippen MR) is 61.0 cm³/mol. The summed E-state index contributed by atoms with van der Waals surface area (Å²) in [6, 6.07) is 1.87. The van der Waals surface area contributed by atoms with Crippen LogP contribution in [0.3, 0.4) is 0 Å². The van der Waals surface area contributed by atoms with Gasteiger partial charge in [0, 0.05) is 19.8 Å². The monoisotopic (exact) mass is 238 g/mol. The summed E-state index contributed by atoms with van der Waals surface area (Å²) in [6.45, 7) is 0.331. The van der Waals surface area contributed by atoms with E-state index in [1.807, 2.05) is 20.2 Å². The maximum absolute atomic E-state index is 12.5. The molecule has 0 saturated carbocycles. The Balaban J connectivity index is 2.48. The third kappa shape index (κ3) is 2.19. The average Bonchev–Trinajstić information content (AvgIpc) is 2.87. The van der Waals surface area contributed by atoms with Gasteiger partial charge in [-0.25, -0.2) is 9.07 Å². The molecule has 2 heterocycles. The summed E-state index contributed by atoms with van der Waals surface area (Å²) in [5.41, 5.74) is 2.50. The summed E-state index contributed by atoms with van der Waals surface area (Å²) in [5, 5.41) is 15.2. The highest BCUT2D eigenvalue weighted by Gasteiger charge is 2.16. The van der Waals surface area contributed by atoms with E-state index < -0.39 is 6.67 Å². The largest absolute Gasteiger partial charge is 0.314 e. The maximum Gasteiger partial charge on any atom is 0.111 e. The van der Waals surface area contributed by atoms with E-state index in [4.69, 9.17) is 0 Å². The van der Waals surface area contributed by atoms with E-state index in [1.165, 1.54) is 0 Å². The molecule has 0 aromatic carbocycles. The van der Waals surface area contributed by atoms with Crippen LogP contribution >= 0.6 is 0 Å². The topological polar surface area (TPSA) is 60.6 Å². The van der Waals surface area contributed by atoms with Gasteiger partial charge in [-0.3, -0.25) is 4.68 Å². The van der Waals surface area contributed by atoms with Crippen molar-refractivity contribution in [2.24, 2.45) is 7.05 Å². The van der Waals surface area contributed by atoms with Crippen molar-refractivity contribution in [3.05, 3.63) is 18.0 Å². The van der Waals surface area contributed by atoms with Gasteiger partial charge in [-0.2, -0.15) is 5.10 Å². The molecule has 17 heavy (non-hydrogen) atoms. The molecule has 0 radical (unpaired) electrons. The summed E-state index contributed by atoms with van der Waals surface area (Å²) < 4.78 is 15.8. The third-order valence-corrected chi connectivity index (χ3v) is 2.51. The number of nitrogens with zero attached hydrogens (tertiary/aromatic N) is 5. The highest BCUT2D eigenvalue weighted by atomic mass is 19.1. The van der Waals surface area contributed by atoms with Crippen molar-refractivity contribution in [1.82, 2.24) is 30.1 Å². The Bertz CT molecular complexity index is 465. The van der Waals surface area contributed by atoms with E-state index in [9.17, 15) is 4.39 Å². The smallest absolute Gasteiger partial charge is 0.111 e. The van der Waals surface area contributed by atoms with Crippen molar-refractivity contribution < 1.29 is 4.39 Å². The molecule has 0 fully saturated rings. The van der Waals surface area contributed by atoms with Crippen molar-refractivity contribution in [3.8, 4) is 11.4 Å². The third-order valence-electron chi connectivity index (χ3n) is 2.51. The molecule has 2 aromatic heterocycles. The molecule has 0 aliphatic rings. The number of alkyl halides is 1. The number of hydrogen-bond acceptors (Lipinski definition) is 4. The molecule has 0 unspecified atom stereocenters. The Morgan fingerprint density at radius 2 is 2.29 bits per heavy atom. The molecule has 0 saturated heterocycles. The first-order valence-corrected chi connectivity index (χ1v) is 5.39. The lowest BCUT2D eigenvalue weighted by Crippen LogP contribution is -2.10. The minimum atomic E-state index is -0.465. The van der Waals surface area contributed by atoms with Gasteiger partial charge in [-0.15, -0.1) is 5.10 Å². The van der Waals surface area contributed by atoms with Gasteiger partial charge < -0.3 is 5.32 Å². The van der Waals surface area contributed by atoms with Gasteiger partial charge in [0.2, 0.25) is 0 Å². The van der Waals surface area contributed by atoms with Crippen LogP contribution in [-0.4, -0.2) is 38.5 Å². The lowest BCUT2D eigenvalue weighted by molar-refractivity contribution is 0.423. The van der Waals surface area contributed by atoms with Crippen molar-refractivity contribution in [2.45, 2.75) is 13.1 Å². The number of aromatic nitrogens is 5. The lowest BCUT2D eigenvalue weighted by Gasteiger charge is -2.06. The fraction of sp³-hybridized carbons (Fsp3) is 0.500. The van der Waals surface area contributed by atoms with Gasteiger partial charge in [0.05, 0.1) is 12.2 Å². The Hall–Kier alpha value is -1.76. The first kappa shape index (κ1) is 11.7. The normalized spacial score (nSPS) is 11.0. The summed E-state index contributed by atoms with van der Waals surface area (Å²) in [6.07, 6.45) is 1.70. The van der Waals surface area contributed by atoms with Crippen LogP contribution in [0.2, 0.25) is 0 Å². The molecule has 0 spiro atoms. The van der Waals surface area contributed by atoms with Gasteiger partial charge in [-0.1, -0.05) is 5.21 Å².